The van der Waals surface area contributed by atoms with Gasteiger partial charge in [-0.15, -0.1) is 0 Å². The molecule has 0 fully saturated rings. The van der Waals surface area contributed by atoms with Gasteiger partial charge in [0.2, 0.25) is 11.8 Å². The summed E-state index contributed by atoms with van der Waals surface area (Å²) in [5.41, 5.74) is 3.69. The summed E-state index contributed by atoms with van der Waals surface area (Å²) in [7, 11) is 1.30. The van der Waals surface area contributed by atoms with Crippen molar-refractivity contribution in [1.29, 1.82) is 0 Å². The molecule has 8 nitrogen and oxygen atoms in total. The van der Waals surface area contributed by atoms with Crippen molar-refractivity contribution >= 4 is 28.7 Å². The van der Waals surface area contributed by atoms with Gasteiger partial charge >= 0.3 is 5.97 Å². The van der Waals surface area contributed by atoms with Crippen LogP contribution >= 0.6 is 0 Å². The normalized spacial score (nSPS) is 18.3. The first-order chi connectivity index (χ1) is 17.8. The van der Waals surface area contributed by atoms with E-state index in [9.17, 15) is 19.5 Å². The number of amides is 2. The summed E-state index contributed by atoms with van der Waals surface area (Å²) in [5, 5.41) is 17.5. The molecule has 196 valence electrons. The number of methoxy groups -OCH3 is 1. The Bertz CT molecular complexity index is 1270. The van der Waals surface area contributed by atoms with Crippen LogP contribution < -0.4 is 10.6 Å². The lowest BCUT2D eigenvalue weighted by molar-refractivity contribution is -0.144. The molecule has 0 bridgehead atoms. The summed E-state index contributed by atoms with van der Waals surface area (Å²) >= 11 is 0. The van der Waals surface area contributed by atoms with E-state index in [2.05, 4.69) is 15.6 Å². The second-order valence-electron chi connectivity index (χ2n) is 10.2. The monoisotopic (exact) mass is 505 g/mol. The van der Waals surface area contributed by atoms with Crippen molar-refractivity contribution in [2.45, 2.75) is 57.7 Å². The van der Waals surface area contributed by atoms with Gasteiger partial charge in [0.1, 0.15) is 6.04 Å². The number of aromatic amines is 1. The minimum atomic E-state index is -0.904. The predicted octanol–water partition coefficient (Wildman–Crippen LogP) is 3.20. The summed E-state index contributed by atoms with van der Waals surface area (Å²) in [6.45, 7) is 3.96. The van der Waals surface area contributed by atoms with Crippen molar-refractivity contribution in [3.63, 3.8) is 0 Å². The Morgan fingerprint density at radius 2 is 1.81 bits per heavy atom. The molecule has 8 heteroatoms. The van der Waals surface area contributed by atoms with Crippen molar-refractivity contribution in [3.05, 3.63) is 71.4 Å². The van der Waals surface area contributed by atoms with Gasteiger partial charge in [0.05, 0.1) is 25.7 Å². The van der Waals surface area contributed by atoms with E-state index in [-0.39, 0.29) is 30.6 Å². The quantitative estimate of drug-likeness (QED) is 0.316. The molecule has 1 aliphatic carbocycles. The lowest BCUT2D eigenvalue weighted by atomic mass is 9.92. The molecule has 4 atom stereocenters. The number of H-pyrrole nitrogens is 1. The van der Waals surface area contributed by atoms with Gasteiger partial charge in [-0.25, -0.2) is 0 Å². The van der Waals surface area contributed by atoms with Crippen LogP contribution in [0.5, 0.6) is 0 Å². The number of aliphatic hydroxyl groups excluding tert-OH is 1. The Labute approximate surface area is 216 Å². The second-order valence-corrected chi connectivity index (χ2v) is 10.2. The van der Waals surface area contributed by atoms with Crippen LogP contribution in [0.1, 0.15) is 49.4 Å². The Morgan fingerprint density at radius 3 is 2.57 bits per heavy atom. The Hall–Kier alpha value is -3.65. The van der Waals surface area contributed by atoms with Gasteiger partial charge in [0.25, 0.3) is 0 Å². The summed E-state index contributed by atoms with van der Waals surface area (Å²) in [6, 6.07) is 13.9. The topological polar surface area (TPSA) is 121 Å². The Kier molecular flexibility index (Phi) is 8.28. The minimum Gasteiger partial charge on any atom is -0.469 e. The Morgan fingerprint density at radius 1 is 1.08 bits per heavy atom. The SMILES string of the molecule is COC(=O)C[C@@H](CC(C)C)C(=O)N[C@@H](Cc1c[nH]c2ccccc12)C(=O)N[C@H]1c2ccccc2C[C@H]1O. The summed E-state index contributed by atoms with van der Waals surface area (Å²) in [6.07, 6.45) is 2.22. The summed E-state index contributed by atoms with van der Waals surface area (Å²) < 4.78 is 4.80. The molecule has 0 unspecified atom stereocenters. The highest BCUT2D eigenvalue weighted by molar-refractivity contribution is 5.91. The molecule has 0 saturated heterocycles. The van der Waals surface area contributed by atoms with E-state index in [0.29, 0.717) is 12.8 Å². The minimum absolute atomic E-state index is 0.0589. The molecule has 1 heterocycles. The van der Waals surface area contributed by atoms with Gasteiger partial charge in [0, 0.05) is 35.9 Å². The number of rotatable bonds is 10. The van der Waals surface area contributed by atoms with Crippen LogP contribution in [-0.2, 0) is 32.0 Å². The van der Waals surface area contributed by atoms with Crippen LogP contribution in [0.3, 0.4) is 0 Å². The van der Waals surface area contributed by atoms with Crippen LogP contribution in [0.25, 0.3) is 10.9 Å². The zero-order valence-corrected chi connectivity index (χ0v) is 21.5. The first-order valence-electron chi connectivity index (χ1n) is 12.7. The fraction of sp³-hybridized carbons (Fsp3) is 0.414. The zero-order valence-electron chi connectivity index (χ0n) is 21.5. The molecule has 2 amide bonds. The highest BCUT2D eigenvalue weighted by atomic mass is 16.5. The number of carbonyl (C=O) groups excluding carboxylic acids is 3. The van der Waals surface area contributed by atoms with Gasteiger partial charge in [-0.1, -0.05) is 56.3 Å². The van der Waals surface area contributed by atoms with Gasteiger partial charge in [-0.05, 0) is 35.1 Å². The molecule has 37 heavy (non-hydrogen) atoms. The summed E-state index contributed by atoms with van der Waals surface area (Å²) in [4.78, 5) is 42.2. The molecule has 2 aromatic carbocycles. The second kappa shape index (κ2) is 11.6. The number of aromatic nitrogens is 1. The molecular formula is C29H35N3O5. The smallest absolute Gasteiger partial charge is 0.306 e. The maximum absolute atomic E-state index is 13.6. The third-order valence-corrected chi connectivity index (χ3v) is 7.00. The number of aliphatic hydroxyl groups is 1. The molecule has 1 aromatic heterocycles. The lowest BCUT2D eigenvalue weighted by Gasteiger charge is -2.25. The molecule has 0 spiro atoms. The van der Waals surface area contributed by atoms with Crippen LogP contribution in [0, 0.1) is 11.8 Å². The van der Waals surface area contributed by atoms with E-state index in [1.807, 2.05) is 68.6 Å². The number of hydrogen-bond donors (Lipinski definition) is 4. The van der Waals surface area contributed by atoms with Gasteiger partial charge in [-0.3, -0.25) is 14.4 Å². The van der Waals surface area contributed by atoms with Crippen LogP contribution in [0.2, 0.25) is 0 Å². The fourth-order valence-corrected chi connectivity index (χ4v) is 5.16. The summed E-state index contributed by atoms with van der Waals surface area (Å²) in [5.74, 6) is -1.67. The molecule has 3 aromatic rings. The maximum Gasteiger partial charge on any atom is 0.306 e. The zero-order chi connectivity index (χ0) is 26.5. The number of hydrogen-bond acceptors (Lipinski definition) is 5. The predicted molar refractivity (Wildman–Crippen MR) is 141 cm³/mol. The van der Waals surface area contributed by atoms with Crippen molar-refractivity contribution in [3.8, 4) is 0 Å². The first kappa shape index (κ1) is 26.4. The third-order valence-electron chi connectivity index (χ3n) is 7.00. The third kappa shape index (κ3) is 6.20. The molecule has 4 rings (SSSR count). The molecule has 1 aliphatic rings. The van der Waals surface area contributed by atoms with Crippen LogP contribution in [-0.4, -0.2) is 47.1 Å². The van der Waals surface area contributed by atoms with E-state index in [4.69, 9.17) is 4.74 Å². The Balaban J connectivity index is 1.59. The van der Waals surface area contributed by atoms with Crippen molar-refractivity contribution in [2.75, 3.05) is 7.11 Å². The molecule has 4 N–H and O–H groups in total. The lowest BCUT2D eigenvalue weighted by Crippen LogP contribution is -2.51. The molecular weight excluding hydrogens is 470 g/mol. The van der Waals surface area contributed by atoms with Crippen molar-refractivity contribution in [1.82, 2.24) is 15.6 Å². The standard InChI is InChI=1S/C29H35N3O5/c1-17(2)12-19(15-26(34)37-3)28(35)31-24(13-20-16-30-23-11-7-6-9-21(20)23)29(36)32-27-22-10-5-4-8-18(22)14-25(27)33/h4-11,16-17,19,24-25,27,30,33H,12-15H2,1-3H3,(H,31,35)(H,32,36)/t19-,24+,25-,27+/m1/s1. The fourth-order valence-electron chi connectivity index (χ4n) is 5.16. The van der Waals surface area contributed by atoms with Gasteiger partial charge in [0.15, 0.2) is 0 Å². The average molecular weight is 506 g/mol. The number of nitrogens with one attached hydrogen (secondary N) is 3. The number of ether oxygens (including phenoxy) is 1. The van der Waals surface area contributed by atoms with Crippen LogP contribution in [0.4, 0.5) is 0 Å². The maximum atomic E-state index is 13.6. The van der Waals surface area contributed by atoms with E-state index in [1.54, 1.807) is 0 Å². The van der Waals surface area contributed by atoms with Gasteiger partial charge < -0.3 is 25.5 Å². The number of para-hydroxylation sites is 1. The molecule has 0 radical (unpaired) electrons. The number of carbonyl (C=O) groups is 3. The average Bonchev–Trinajstić information content (AvgIpc) is 3.43. The largest absolute Gasteiger partial charge is 0.469 e. The van der Waals surface area contributed by atoms with E-state index in [1.165, 1.54) is 7.11 Å². The van der Waals surface area contributed by atoms with Gasteiger partial charge in [-0.2, -0.15) is 0 Å². The highest BCUT2D eigenvalue weighted by Gasteiger charge is 2.35. The van der Waals surface area contributed by atoms with E-state index >= 15 is 0 Å². The van der Waals surface area contributed by atoms with E-state index < -0.39 is 30.1 Å². The first-order valence-corrected chi connectivity index (χ1v) is 12.7. The van der Waals surface area contributed by atoms with Crippen LogP contribution in [0.15, 0.2) is 54.7 Å². The molecule has 0 aliphatic heterocycles. The molecule has 0 saturated carbocycles. The number of benzene rings is 2. The van der Waals surface area contributed by atoms with Crippen molar-refractivity contribution in [2.24, 2.45) is 11.8 Å². The highest BCUT2D eigenvalue weighted by Crippen LogP contribution is 2.31. The number of fused-ring (bicyclic) bond motifs is 2. The van der Waals surface area contributed by atoms with Crippen molar-refractivity contribution < 1.29 is 24.2 Å². The van der Waals surface area contributed by atoms with E-state index in [0.717, 1.165) is 27.6 Å². The number of esters is 1.